The number of fused-ring (bicyclic) bond motifs is 1. The van der Waals surface area contributed by atoms with E-state index < -0.39 is 0 Å². The molecule has 25 heavy (non-hydrogen) atoms. The molecule has 5 heteroatoms. The first-order valence-corrected chi connectivity index (χ1v) is 9.48. The molecule has 0 N–H and O–H groups in total. The topological polar surface area (TPSA) is 42.0 Å². The van der Waals surface area contributed by atoms with E-state index in [4.69, 9.17) is 9.47 Å². The molecule has 4 rings (SSSR count). The van der Waals surface area contributed by atoms with Crippen LogP contribution in [0.2, 0.25) is 0 Å². The summed E-state index contributed by atoms with van der Waals surface area (Å²) < 4.78 is 11.0. The molecule has 2 aliphatic heterocycles. The molecule has 1 aromatic carbocycles. The third-order valence-electron chi connectivity index (χ3n) is 5.92. The van der Waals surface area contributed by atoms with Crippen molar-refractivity contribution in [3.63, 3.8) is 0 Å². The van der Waals surface area contributed by atoms with Gasteiger partial charge in [-0.2, -0.15) is 0 Å². The van der Waals surface area contributed by atoms with Gasteiger partial charge >= 0.3 is 0 Å². The van der Waals surface area contributed by atoms with Crippen molar-refractivity contribution in [3.05, 3.63) is 23.3 Å². The molecule has 1 atom stereocenters. The van der Waals surface area contributed by atoms with Gasteiger partial charge in [-0.05, 0) is 54.9 Å². The predicted octanol–water partition coefficient (Wildman–Crippen LogP) is 2.64. The highest BCUT2D eigenvalue weighted by Gasteiger charge is 2.40. The smallest absolute Gasteiger partial charge is 0.222 e. The van der Waals surface area contributed by atoms with Gasteiger partial charge in [-0.1, -0.05) is 0 Å². The van der Waals surface area contributed by atoms with Crippen LogP contribution in [0.3, 0.4) is 0 Å². The molecule has 1 unspecified atom stereocenters. The van der Waals surface area contributed by atoms with Gasteiger partial charge in [0.1, 0.15) is 0 Å². The van der Waals surface area contributed by atoms with Crippen LogP contribution in [0.1, 0.15) is 42.9 Å². The Morgan fingerprint density at radius 1 is 1.04 bits per heavy atom. The van der Waals surface area contributed by atoms with Gasteiger partial charge in [-0.3, -0.25) is 9.69 Å². The van der Waals surface area contributed by atoms with Gasteiger partial charge in [0, 0.05) is 38.6 Å². The van der Waals surface area contributed by atoms with Gasteiger partial charge in [0.15, 0.2) is 11.5 Å². The minimum Gasteiger partial charge on any atom is -0.493 e. The van der Waals surface area contributed by atoms with Crippen LogP contribution in [0.15, 0.2) is 12.1 Å². The predicted molar refractivity (Wildman–Crippen MR) is 96.1 cm³/mol. The maximum atomic E-state index is 11.9. The number of benzene rings is 1. The van der Waals surface area contributed by atoms with Crippen LogP contribution in [0, 0.1) is 5.92 Å². The molecule has 2 heterocycles. The summed E-state index contributed by atoms with van der Waals surface area (Å²) in [5.74, 6) is 2.72. The van der Waals surface area contributed by atoms with Crippen LogP contribution in [0.4, 0.5) is 0 Å². The zero-order valence-corrected chi connectivity index (χ0v) is 15.3. The minimum atomic E-state index is 0.326. The Morgan fingerprint density at radius 3 is 2.44 bits per heavy atom. The van der Waals surface area contributed by atoms with Crippen LogP contribution >= 0.6 is 0 Å². The first kappa shape index (κ1) is 16.7. The first-order chi connectivity index (χ1) is 12.2. The fourth-order valence-electron chi connectivity index (χ4n) is 4.43. The molecular formula is C20H28N2O3. The van der Waals surface area contributed by atoms with Crippen molar-refractivity contribution >= 4 is 5.91 Å². The summed E-state index contributed by atoms with van der Waals surface area (Å²) in [6.45, 7) is 3.83. The highest BCUT2D eigenvalue weighted by Crippen LogP contribution is 2.49. The molecule has 0 radical (unpaired) electrons. The van der Waals surface area contributed by atoms with E-state index in [2.05, 4.69) is 17.0 Å². The molecule has 0 aromatic heterocycles. The Bertz CT molecular complexity index is 657. The number of hydrogen-bond acceptors (Lipinski definition) is 4. The second kappa shape index (κ2) is 6.87. The van der Waals surface area contributed by atoms with E-state index >= 15 is 0 Å². The van der Waals surface area contributed by atoms with Crippen molar-refractivity contribution in [2.75, 3.05) is 40.4 Å². The summed E-state index contributed by atoms with van der Waals surface area (Å²) in [5, 5.41) is 0. The lowest BCUT2D eigenvalue weighted by Gasteiger charge is -2.39. The second-order valence-corrected chi connectivity index (χ2v) is 7.46. The van der Waals surface area contributed by atoms with Gasteiger partial charge in [0.2, 0.25) is 5.91 Å². The molecule has 136 valence electrons. The van der Waals surface area contributed by atoms with Crippen molar-refractivity contribution in [2.24, 2.45) is 5.92 Å². The minimum absolute atomic E-state index is 0.326. The quantitative estimate of drug-likeness (QED) is 0.796. The Balaban J connectivity index is 1.56. The molecule has 1 amide bonds. The van der Waals surface area contributed by atoms with E-state index in [1.807, 2.05) is 4.90 Å². The standard InChI is InChI=1S/C20H28N2O3/c1-24-17-12-15-7-9-22(11-10-21-8-3-4-19(21)23)20(14-5-6-14)16(15)13-18(17)25-2/h12-14,20H,3-11H2,1-2H3. The summed E-state index contributed by atoms with van der Waals surface area (Å²) >= 11 is 0. The van der Waals surface area contributed by atoms with E-state index in [9.17, 15) is 4.79 Å². The molecule has 1 saturated carbocycles. The zero-order valence-electron chi connectivity index (χ0n) is 15.3. The summed E-state index contributed by atoms with van der Waals surface area (Å²) in [4.78, 5) is 16.5. The third kappa shape index (κ3) is 3.22. The highest BCUT2D eigenvalue weighted by atomic mass is 16.5. The number of ether oxygens (including phenoxy) is 2. The molecule has 1 aliphatic carbocycles. The van der Waals surface area contributed by atoms with Crippen molar-refractivity contribution in [1.82, 2.24) is 9.80 Å². The number of carbonyl (C=O) groups is 1. The lowest BCUT2D eigenvalue weighted by molar-refractivity contribution is -0.127. The van der Waals surface area contributed by atoms with Gasteiger partial charge in [-0.25, -0.2) is 0 Å². The fraction of sp³-hybridized carbons (Fsp3) is 0.650. The molecule has 0 bridgehead atoms. The van der Waals surface area contributed by atoms with Crippen molar-refractivity contribution in [3.8, 4) is 11.5 Å². The van der Waals surface area contributed by atoms with Crippen LogP contribution < -0.4 is 9.47 Å². The Kier molecular flexibility index (Phi) is 4.59. The average Bonchev–Trinajstić information content (AvgIpc) is 3.39. The Labute approximate surface area is 149 Å². The normalized spacial score (nSPS) is 23.7. The largest absolute Gasteiger partial charge is 0.493 e. The fourth-order valence-corrected chi connectivity index (χ4v) is 4.43. The van der Waals surface area contributed by atoms with Crippen molar-refractivity contribution < 1.29 is 14.3 Å². The first-order valence-electron chi connectivity index (χ1n) is 9.48. The zero-order chi connectivity index (χ0) is 17.4. The number of nitrogens with zero attached hydrogens (tertiary/aromatic N) is 2. The molecule has 5 nitrogen and oxygen atoms in total. The van der Waals surface area contributed by atoms with Crippen LogP contribution in [0.5, 0.6) is 11.5 Å². The maximum absolute atomic E-state index is 11.9. The van der Waals surface area contributed by atoms with Gasteiger partial charge in [0.25, 0.3) is 0 Å². The van der Waals surface area contributed by atoms with E-state index in [1.165, 1.54) is 24.0 Å². The third-order valence-corrected chi connectivity index (χ3v) is 5.92. The van der Waals surface area contributed by atoms with Gasteiger partial charge < -0.3 is 14.4 Å². The van der Waals surface area contributed by atoms with Crippen molar-refractivity contribution in [1.29, 1.82) is 0 Å². The molecule has 2 fully saturated rings. The summed E-state index contributed by atoms with van der Waals surface area (Å²) in [6.07, 6.45) is 5.39. The second-order valence-electron chi connectivity index (χ2n) is 7.46. The monoisotopic (exact) mass is 344 g/mol. The number of rotatable bonds is 6. The van der Waals surface area contributed by atoms with E-state index in [0.717, 1.165) is 62.9 Å². The number of carbonyl (C=O) groups excluding carboxylic acids is 1. The van der Waals surface area contributed by atoms with E-state index in [-0.39, 0.29) is 0 Å². The number of amides is 1. The molecule has 0 spiro atoms. The molecule has 1 aromatic rings. The molecular weight excluding hydrogens is 316 g/mol. The van der Waals surface area contributed by atoms with E-state index in [0.29, 0.717) is 11.9 Å². The Hall–Kier alpha value is -1.75. The number of methoxy groups -OCH3 is 2. The summed E-state index contributed by atoms with van der Waals surface area (Å²) in [7, 11) is 3.40. The number of likely N-dealkylation sites (tertiary alicyclic amines) is 1. The van der Waals surface area contributed by atoms with Crippen molar-refractivity contribution in [2.45, 2.75) is 38.1 Å². The maximum Gasteiger partial charge on any atom is 0.222 e. The van der Waals surface area contributed by atoms with Crippen LogP contribution in [0.25, 0.3) is 0 Å². The van der Waals surface area contributed by atoms with Gasteiger partial charge in [-0.15, -0.1) is 0 Å². The average molecular weight is 344 g/mol. The Morgan fingerprint density at radius 2 is 1.80 bits per heavy atom. The highest BCUT2D eigenvalue weighted by molar-refractivity contribution is 5.78. The van der Waals surface area contributed by atoms with E-state index in [1.54, 1.807) is 14.2 Å². The number of hydrogen-bond donors (Lipinski definition) is 0. The molecule has 1 saturated heterocycles. The summed E-state index contributed by atoms with van der Waals surface area (Å²) in [6, 6.07) is 4.80. The van der Waals surface area contributed by atoms with Gasteiger partial charge in [0.05, 0.1) is 14.2 Å². The lowest BCUT2D eigenvalue weighted by atomic mass is 9.89. The lowest BCUT2D eigenvalue weighted by Crippen LogP contribution is -2.42. The SMILES string of the molecule is COc1cc2c(cc1OC)C(C1CC1)N(CCN1CCCC1=O)CC2. The molecule has 3 aliphatic rings. The van der Waals surface area contributed by atoms with Crippen LogP contribution in [-0.2, 0) is 11.2 Å². The summed E-state index contributed by atoms with van der Waals surface area (Å²) in [5.41, 5.74) is 2.79. The van der Waals surface area contributed by atoms with Crippen LogP contribution in [-0.4, -0.2) is 56.1 Å².